The molecule has 0 aromatic carbocycles. The maximum absolute atomic E-state index is 9.95. The van der Waals surface area contributed by atoms with Gasteiger partial charge in [-0.05, 0) is 24.7 Å². The maximum atomic E-state index is 9.95. The van der Waals surface area contributed by atoms with E-state index >= 15 is 0 Å². The third-order valence-corrected chi connectivity index (χ3v) is 2.54. The lowest BCUT2D eigenvalue weighted by atomic mass is 9.76. The molecule has 0 aliphatic heterocycles. The van der Waals surface area contributed by atoms with Gasteiger partial charge in [0.25, 0.3) is 0 Å². The van der Waals surface area contributed by atoms with Crippen LogP contribution >= 0.6 is 0 Å². The predicted molar refractivity (Wildman–Crippen MR) is 51.9 cm³/mol. The molecule has 0 spiro atoms. The van der Waals surface area contributed by atoms with Gasteiger partial charge in [0, 0.05) is 0 Å². The zero-order valence-electron chi connectivity index (χ0n) is 8.01. The lowest BCUT2D eigenvalue weighted by Gasteiger charge is -2.34. The van der Waals surface area contributed by atoms with Gasteiger partial charge in [-0.25, -0.2) is 0 Å². The molecule has 12 heavy (non-hydrogen) atoms. The van der Waals surface area contributed by atoms with Gasteiger partial charge in [-0.1, -0.05) is 32.1 Å². The first kappa shape index (κ1) is 9.53. The normalized spacial score (nSPS) is 33.2. The van der Waals surface area contributed by atoms with Crippen LogP contribution in [0.3, 0.4) is 0 Å². The van der Waals surface area contributed by atoms with Crippen LogP contribution in [0.2, 0.25) is 0 Å². The Labute approximate surface area is 74.8 Å². The Balaban J connectivity index is 2.69. The van der Waals surface area contributed by atoms with Crippen molar-refractivity contribution in [1.82, 2.24) is 0 Å². The van der Waals surface area contributed by atoms with Crippen LogP contribution in [-0.4, -0.2) is 10.7 Å². The van der Waals surface area contributed by atoms with E-state index in [4.69, 9.17) is 0 Å². The van der Waals surface area contributed by atoms with E-state index in [1.165, 1.54) is 0 Å². The van der Waals surface area contributed by atoms with Crippen LogP contribution in [0.15, 0.2) is 24.8 Å². The van der Waals surface area contributed by atoms with Crippen molar-refractivity contribution in [3.8, 4) is 0 Å². The highest BCUT2D eigenvalue weighted by atomic mass is 16.3. The minimum atomic E-state index is -0.614. The van der Waals surface area contributed by atoms with Crippen LogP contribution in [0.25, 0.3) is 0 Å². The average Bonchev–Trinajstić information content (AvgIpc) is 1.98. The van der Waals surface area contributed by atoms with E-state index in [2.05, 4.69) is 26.5 Å². The molecule has 0 fully saturated rings. The Hall–Kier alpha value is -0.560. The lowest BCUT2D eigenvalue weighted by molar-refractivity contribution is 0.0637. The summed E-state index contributed by atoms with van der Waals surface area (Å²) in [7, 11) is 0. The highest BCUT2D eigenvalue weighted by molar-refractivity contribution is 5.12. The molecule has 1 rings (SSSR count). The number of allylic oxidation sites excluding steroid dienone is 1. The van der Waals surface area contributed by atoms with Crippen molar-refractivity contribution in [2.45, 2.75) is 38.7 Å². The average molecular weight is 166 g/mol. The molecular weight excluding hydrogens is 148 g/mol. The van der Waals surface area contributed by atoms with E-state index in [-0.39, 0.29) is 5.41 Å². The minimum absolute atomic E-state index is 0.257. The molecule has 1 heteroatoms. The highest BCUT2D eigenvalue weighted by Crippen LogP contribution is 2.35. The minimum Gasteiger partial charge on any atom is -0.385 e. The van der Waals surface area contributed by atoms with Crippen molar-refractivity contribution in [3.05, 3.63) is 24.8 Å². The summed E-state index contributed by atoms with van der Waals surface area (Å²) in [5.41, 5.74) is -0.356. The SMILES string of the molecule is C=CCC1(O)C=CC(C)(C)CC1. The number of hydrogen-bond donors (Lipinski definition) is 1. The van der Waals surface area contributed by atoms with Crippen molar-refractivity contribution in [3.63, 3.8) is 0 Å². The van der Waals surface area contributed by atoms with Gasteiger partial charge in [0.15, 0.2) is 0 Å². The first-order valence-corrected chi connectivity index (χ1v) is 4.51. The van der Waals surface area contributed by atoms with E-state index in [1.54, 1.807) is 6.08 Å². The summed E-state index contributed by atoms with van der Waals surface area (Å²) in [6, 6.07) is 0. The van der Waals surface area contributed by atoms with Gasteiger partial charge in [-0.15, -0.1) is 6.58 Å². The molecule has 1 unspecified atom stereocenters. The van der Waals surface area contributed by atoms with Gasteiger partial charge in [0.2, 0.25) is 0 Å². The highest BCUT2D eigenvalue weighted by Gasteiger charge is 2.30. The van der Waals surface area contributed by atoms with Crippen molar-refractivity contribution in [2.24, 2.45) is 5.41 Å². The zero-order chi connectivity index (χ0) is 9.24. The van der Waals surface area contributed by atoms with Crippen molar-refractivity contribution in [1.29, 1.82) is 0 Å². The molecule has 1 N–H and O–H groups in total. The quantitative estimate of drug-likeness (QED) is 0.625. The van der Waals surface area contributed by atoms with Gasteiger partial charge in [0.1, 0.15) is 0 Å². The fourth-order valence-electron chi connectivity index (χ4n) is 1.51. The molecule has 1 atom stereocenters. The standard InChI is InChI=1S/C11H18O/c1-4-5-11(12)8-6-10(2,3)7-9-11/h4,6,8,12H,1,5,7,9H2,2-3H3. The van der Waals surface area contributed by atoms with Gasteiger partial charge in [-0.2, -0.15) is 0 Å². The molecule has 0 aromatic heterocycles. The van der Waals surface area contributed by atoms with Crippen LogP contribution < -0.4 is 0 Å². The van der Waals surface area contributed by atoms with Gasteiger partial charge in [0.05, 0.1) is 5.60 Å². The summed E-state index contributed by atoms with van der Waals surface area (Å²) in [5, 5.41) is 9.95. The smallest absolute Gasteiger partial charge is 0.0862 e. The van der Waals surface area contributed by atoms with Crippen LogP contribution in [0.5, 0.6) is 0 Å². The van der Waals surface area contributed by atoms with E-state index in [9.17, 15) is 5.11 Å². The molecule has 68 valence electrons. The molecule has 1 aliphatic rings. The second kappa shape index (κ2) is 3.06. The third-order valence-electron chi connectivity index (χ3n) is 2.54. The fourth-order valence-corrected chi connectivity index (χ4v) is 1.51. The number of hydrogen-bond acceptors (Lipinski definition) is 1. The lowest BCUT2D eigenvalue weighted by Crippen LogP contribution is -2.31. The summed E-state index contributed by atoms with van der Waals surface area (Å²) < 4.78 is 0. The van der Waals surface area contributed by atoms with Crippen LogP contribution in [-0.2, 0) is 0 Å². The van der Waals surface area contributed by atoms with E-state index < -0.39 is 5.60 Å². The number of rotatable bonds is 2. The third kappa shape index (κ3) is 2.21. The monoisotopic (exact) mass is 166 g/mol. The topological polar surface area (TPSA) is 20.2 Å². The fraction of sp³-hybridized carbons (Fsp3) is 0.636. The van der Waals surface area contributed by atoms with E-state index in [0.717, 1.165) is 12.8 Å². The molecular formula is C11H18O. The summed E-state index contributed by atoms with van der Waals surface area (Å²) >= 11 is 0. The molecule has 0 amide bonds. The summed E-state index contributed by atoms with van der Waals surface area (Å²) in [4.78, 5) is 0. The molecule has 0 aromatic rings. The van der Waals surface area contributed by atoms with Gasteiger partial charge < -0.3 is 5.11 Å². The Morgan fingerprint density at radius 1 is 1.42 bits per heavy atom. The van der Waals surface area contributed by atoms with Gasteiger partial charge in [-0.3, -0.25) is 0 Å². The molecule has 0 heterocycles. The summed E-state index contributed by atoms with van der Waals surface area (Å²) in [6.07, 6.45) is 8.39. The van der Waals surface area contributed by atoms with Crippen LogP contribution in [0.4, 0.5) is 0 Å². The molecule has 0 saturated carbocycles. The predicted octanol–water partition coefficient (Wildman–Crippen LogP) is 2.67. The molecule has 1 aliphatic carbocycles. The number of aliphatic hydroxyl groups is 1. The Bertz CT molecular complexity index is 203. The second-order valence-electron chi connectivity index (χ2n) is 4.42. The Kier molecular flexibility index (Phi) is 2.43. The second-order valence-corrected chi connectivity index (χ2v) is 4.42. The largest absolute Gasteiger partial charge is 0.385 e. The summed E-state index contributed by atoms with van der Waals surface area (Å²) in [6.45, 7) is 8.03. The van der Waals surface area contributed by atoms with Crippen molar-refractivity contribution < 1.29 is 5.11 Å². The zero-order valence-corrected chi connectivity index (χ0v) is 8.01. The Morgan fingerprint density at radius 3 is 2.50 bits per heavy atom. The van der Waals surface area contributed by atoms with Crippen LogP contribution in [0.1, 0.15) is 33.1 Å². The summed E-state index contributed by atoms with van der Waals surface area (Å²) in [5.74, 6) is 0. The first-order chi connectivity index (χ1) is 5.47. The van der Waals surface area contributed by atoms with E-state index in [0.29, 0.717) is 6.42 Å². The van der Waals surface area contributed by atoms with Crippen molar-refractivity contribution >= 4 is 0 Å². The maximum Gasteiger partial charge on any atom is 0.0862 e. The molecule has 0 bridgehead atoms. The molecule has 0 saturated heterocycles. The molecule has 0 radical (unpaired) electrons. The van der Waals surface area contributed by atoms with Crippen LogP contribution in [0, 0.1) is 5.41 Å². The van der Waals surface area contributed by atoms with E-state index in [1.807, 2.05) is 6.08 Å². The first-order valence-electron chi connectivity index (χ1n) is 4.51. The van der Waals surface area contributed by atoms with Gasteiger partial charge >= 0.3 is 0 Å². The van der Waals surface area contributed by atoms with Crippen molar-refractivity contribution in [2.75, 3.05) is 0 Å². The Morgan fingerprint density at radius 2 is 2.08 bits per heavy atom. The molecule has 1 nitrogen and oxygen atoms in total.